The summed E-state index contributed by atoms with van der Waals surface area (Å²) in [5, 5.41) is 3.38. The standard InChI is InChI=1S/C9H17NO/c1-9(2)7(10-3)6-4-5-11-8(6)9/h6-8,10H,4-5H2,1-3H3/t6-,7-,8-/m0/s1. The van der Waals surface area contributed by atoms with E-state index in [-0.39, 0.29) is 0 Å². The zero-order valence-electron chi connectivity index (χ0n) is 7.55. The molecule has 2 rings (SSSR count). The van der Waals surface area contributed by atoms with Crippen molar-refractivity contribution in [3.63, 3.8) is 0 Å². The predicted molar refractivity (Wildman–Crippen MR) is 44.5 cm³/mol. The van der Waals surface area contributed by atoms with Crippen LogP contribution < -0.4 is 5.32 Å². The molecule has 0 unspecified atom stereocenters. The minimum atomic E-state index is 0.357. The summed E-state index contributed by atoms with van der Waals surface area (Å²) >= 11 is 0. The Morgan fingerprint density at radius 3 is 2.82 bits per heavy atom. The normalized spacial score (nSPS) is 46.6. The summed E-state index contributed by atoms with van der Waals surface area (Å²) in [6, 6.07) is 0.676. The van der Waals surface area contributed by atoms with Gasteiger partial charge in [-0.15, -0.1) is 0 Å². The lowest BCUT2D eigenvalue weighted by atomic mass is 9.57. The summed E-state index contributed by atoms with van der Waals surface area (Å²) in [5.41, 5.74) is 0.357. The summed E-state index contributed by atoms with van der Waals surface area (Å²) < 4.78 is 5.66. The van der Waals surface area contributed by atoms with Crippen LogP contribution in [-0.4, -0.2) is 25.8 Å². The Bertz CT molecular complexity index is 167. The molecule has 1 saturated heterocycles. The molecule has 0 radical (unpaired) electrons. The van der Waals surface area contributed by atoms with E-state index in [2.05, 4.69) is 26.2 Å². The smallest absolute Gasteiger partial charge is 0.0685 e. The quantitative estimate of drug-likeness (QED) is 0.610. The fourth-order valence-electron chi connectivity index (χ4n) is 2.91. The first-order chi connectivity index (χ1) is 5.18. The van der Waals surface area contributed by atoms with Crippen LogP contribution in [0.25, 0.3) is 0 Å². The molecule has 2 heteroatoms. The monoisotopic (exact) mass is 155 g/mol. The average molecular weight is 155 g/mol. The van der Waals surface area contributed by atoms with E-state index in [0.717, 1.165) is 12.5 Å². The third kappa shape index (κ3) is 0.798. The van der Waals surface area contributed by atoms with E-state index in [1.54, 1.807) is 0 Å². The summed E-state index contributed by atoms with van der Waals surface area (Å²) in [5.74, 6) is 0.787. The fourth-order valence-corrected chi connectivity index (χ4v) is 2.91. The molecule has 1 heterocycles. The van der Waals surface area contributed by atoms with Crippen molar-refractivity contribution >= 4 is 0 Å². The maximum Gasteiger partial charge on any atom is 0.0685 e. The molecule has 0 spiro atoms. The fraction of sp³-hybridized carbons (Fsp3) is 1.00. The van der Waals surface area contributed by atoms with E-state index in [1.165, 1.54) is 6.42 Å². The lowest BCUT2D eigenvalue weighted by Gasteiger charge is -2.54. The minimum Gasteiger partial charge on any atom is -0.377 e. The highest BCUT2D eigenvalue weighted by atomic mass is 16.5. The van der Waals surface area contributed by atoms with E-state index in [9.17, 15) is 0 Å². The van der Waals surface area contributed by atoms with E-state index >= 15 is 0 Å². The Morgan fingerprint density at radius 1 is 1.45 bits per heavy atom. The van der Waals surface area contributed by atoms with Gasteiger partial charge < -0.3 is 10.1 Å². The van der Waals surface area contributed by atoms with Crippen LogP contribution in [0.15, 0.2) is 0 Å². The Balaban J connectivity index is 2.12. The van der Waals surface area contributed by atoms with Crippen molar-refractivity contribution in [2.24, 2.45) is 11.3 Å². The molecule has 1 N–H and O–H groups in total. The van der Waals surface area contributed by atoms with Crippen molar-refractivity contribution in [3.05, 3.63) is 0 Å². The van der Waals surface area contributed by atoms with Gasteiger partial charge in [-0.2, -0.15) is 0 Å². The van der Waals surface area contributed by atoms with Crippen molar-refractivity contribution in [2.45, 2.75) is 32.4 Å². The summed E-state index contributed by atoms with van der Waals surface area (Å²) in [6.07, 6.45) is 1.78. The van der Waals surface area contributed by atoms with E-state index in [1.807, 2.05) is 0 Å². The SMILES string of the molecule is CN[C@H]1[C@@H]2CCO[C@@H]2C1(C)C. The maximum absolute atomic E-state index is 5.66. The van der Waals surface area contributed by atoms with Crippen LogP contribution in [0.3, 0.4) is 0 Å². The van der Waals surface area contributed by atoms with Gasteiger partial charge in [0.25, 0.3) is 0 Å². The first-order valence-corrected chi connectivity index (χ1v) is 4.47. The minimum absolute atomic E-state index is 0.357. The Kier molecular flexibility index (Phi) is 1.52. The van der Waals surface area contributed by atoms with Gasteiger partial charge in [0, 0.05) is 24.0 Å². The van der Waals surface area contributed by atoms with E-state index in [4.69, 9.17) is 4.74 Å². The van der Waals surface area contributed by atoms with Crippen LogP contribution in [0.4, 0.5) is 0 Å². The molecule has 0 amide bonds. The maximum atomic E-state index is 5.66. The van der Waals surface area contributed by atoms with Gasteiger partial charge in [0.1, 0.15) is 0 Å². The Labute approximate surface area is 68.3 Å². The number of ether oxygens (including phenoxy) is 1. The van der Waals surface area contributed by atoms with Gasteiger partial charge in [-0.1, -0.05) is 13.8 Å². The largest absolute Gasteiger partial charge is 0.377 e. The van der Waals surface area contributed by atoms with Crippen molar-refractivity contribution in [2.75, 3.05) is 13.7 Å². The van der Waals surface area contributed by atoms with E-state index in [0.29, 0.717) is 17.6 Å². The van der Waals surface area contributed by atoms with Crippen LogP contribution in [0.2, 0.25) is 0 Å². The molecule has 2 fully saturated rings. The molecule has 1 aliphatic carbocycles. The molecule has 0 aromatic carbocycles. The number of fused-ring (bicyclic) bond motifs is 1. The molecular weight excluding hydrogens is 138 g/mol. The predicted octanol–water partition coefficient (Wildman–Crippen LogP) is 1.02. The zero-order chi connectivity index (χ0) is 8.06. The first kappa shape index (κ1) is 7.56. The Hall–Kier alpha value is -0.0800. The van der Waals surface area contributed by atoms with Crippen molar-refractivity contribution in [1.29, 1.82) is 0 Å². The van der Waals surface area contributed by atoms with Gasteiger partial charge in [0.2, 0.25) is 0 Å². The molecule has 1 saturated carbocycles. The van der Waals surface area contributed by atoms with Crippen molar-refractivity contribution in [3.8, 4) is 0 Å². The van der Waals surface area contributed by atoms with E-state index < -0.39 is 0 Å². The molecule has 2 aliphatic rings. The van der Waals surface area contributed by atoms with Crippen LogP contribution in [-0.2, 0) is 4.74 Å². The van der Waals surface area contributed by atoms with Gasteiger partial charge in [-0.25, -0.2) is 0 Å². The molecule has 0 aromatic rings. The molecule has 3 atom stereocenters. The Morgan fingerprint density at radius 2 is 2.18 bits per heavy atom. The van der Waals surface area contributed by atoms with Crippen molar-refractivity contribution < 1.29 is 4.74 Å². The second-order valence-corrected chi connectivity index (χ2v) is 4.33. The third-order valence-electron chi connectivity index (χ3n) is 3.41. The lowest BCUT2D eigenvalue weighted by molar-refractivity contribution is -0.110. The molecular formula is C9H17NO. The summed E-state index contributed by atoms with van der Waals surface area (Å²) in [6.45, 7) is 5.55. The summed E-state index contributed by atoms with van der Waals surface area (Å²) in [4.78, 5) is 0. The number of hydrogen-bond donors (Lipinski definition) is 1. The second-order valence-electron chi connectivity index (χ2n) is 4.33. The lowest BCUT2D eigenvalue weighted by Crippen LogP contribution is -2.65. The highest BCUT2D eigenvalue weighted by Crippen LogP contribution is 2.51. The molecule has 1 aliphatic heterocycles. The van der Waals surface area contributed by atoms with Crippen LogP contribution in [0.5, 0.6) is 0 Å². The molecule has 64 valence electrons. The molecule has 11 heavy (non-hydrogen) atoms. The highest BCUT2D eigenvalue weighted by Gasteiger charge is 2.58. The highest BCUT2D eigenvalue weighted by molar-refractivity contribution is 5.10. The number of nitrogens with one attached hydrogen (secondary N) is 1. The average Bonchev–Trinajstić information content (AvgIpc) is 2.34. The van der Waals surface area contributed by atoms with Crippen LogP contribution in [0.1, 0.15) is 20.3 Å². The van der Waals surface area contributed by atoms with Crippen LogP contribution >= 0.6 is 0 Å². The topological polar surface area (TPSA) is 21.3 Å². The van der Waals surface area contributed by atoms with Crippen LogP contribution in [0, 0.1) is 11.3 Å². The zero-order valence-corrected chi connectivity index (χ0v) is 7.55. The van der Waals surface area contributed by atoms with Gasteiger partial charge >= 0.3 is 0 Å². The van der Waals surface area contributed by atoms with Crippen molar-refractivity contribution in [1.82, 2.24) is 5.32 Å². The number of hydrogen-bond acceptors (Lipinski definition) is 2. The third-order valence-corrected chi connectivity index (χ3v) is 3.41. The van der Waals surface area contributed by atoms with Gasteiger partial charge in [0.05, 0.1) is 6.10 Å². The van der Waals surface area contributed by atoms with Gasteiger partial charge in [0.15, 0.2) is 0 Å². The molecule has 0 aromatic heterocycles. The molecule has 0 bridgehead atoms. The molecule has 2 nitrogen and oxygen atoms in total. The number of rotatable bonds is 1. The first-order valence-electron chi connectivity index (χ1n) is 4.47. The summed E-state index contributed by atoms with van der Waals surface area (Å²) in [7, 11) is 2.06. The van der Waals surface area contributed by atoms with Gasteiger partial charge in [-0.3, -0.25) is 0 Å². The second kappa shape index (κ2) is 2.20. The van der Waals surface area contributed by atoms with Gasteiger partial charge in [-0.05, 0) is 13.5 Å².